The van der Waals surface area contributed by atoms with Crippen LogP contribution in [0.2, 0.25) is 0 Å². The minimum atomic E-state index is -0.855. The SMILES string of the molecule is CCC1=CC(=O)CC(CC)(C(=O)OC)N1. The summed E-state index contributed by atoms with van der Waals surface area (Å²) < 4.78 is 4.74. The number of carbonyl (C=O) groups is 2. The van der Waals surface area contributed by atoms with Gasteiger partial charge in [-0.1, -0.05) is 13.8 Å². The van der Waals surface area contributed by atoms with Gasteiger partial charge in [0.2, 0.25) is 0 Å². The Labute approximate surface area is 89.7 Å². The molecule has 4 heteroatoms. The van der Waals surface area contributed by atoms with Gasteiger partial charge in [0.25, 0.3) is 0 Å². The zero-order chi connectivity index (χ0) is 11.5. The van der Waals surface area contributed by atoms with Crippen LogP contribution in [0.15, 0.2) is 11.8 Å². The summed E-state index contributed by atoms with van der Waals surface area (Å²) in [6, 6.07) is 0. The summed E-state index contributed by atoms with van der Waals surface area (Å²) in [7, 11) is 1.34. The van der Waals surface area contributed by atoms with Crippen LogP contribution in [0.4, 0.5) is 0 Å². The van der Waals surface area contributed by atoms with E-state index < -0.39 is 5.54 Å². The predicted octanol–water partition coefficient (Wildman–Crippen LogP) is 1.16. The summed E-state index contributed by atoms with van der Waals surface area (Å²) in [5.74, 6) is -0.379. The second-order valence-corrected chi connectivity index (χ2v) is 3.72. The van der Waals surface area contributed by atoms with Crippen LogP contribution in [-0.2, 0) is 14.3 Å². The van der Waals surface area contributed by atoms with Crippen LogP contribution in [0.25, 0.3) is 0 Å². The molecule has 0 aromatic carbocycles. The third-order valence-electron chi connectivity index (χ3n) is 2.77. The lowest BCUT2D eigenvalue weighted by Crippen LogP contribution is -2.55. The smallest absolute Gasteiger partial charge is 0.331 e. The van der Waals surface area contributed by atoms with Gasteiger partial charge in [0.15, 0.2) is 5.78 Å². The van der Waals surface area contributed by atoms with Gasteiger partial charge in [0.05, 0.1) is 7.11 Å². The van der Waals surface area contributed by atoms with Crippen molar-refractivity contribution >= 4 is 11.8 Å². The number of rotatable bonds is 3. The first kappa shape index (κ1) is 11.8. The number of methoxy groups -OCH3 is 1. The average molecular weight is 211 g/mol. The van der Waals surface area contributed by atoms with Gasteiger partial charge in [-0.2, -0.15) is 0 Å². The number of hydrogen-bond donors (Lipinski definition) is 1. The van der Waals surface area contributed by atoms with Gasteiger partial charge in [0, 0.05) is 18.2 Å². The number of allylic oxidation sites excluding steroid dienone is 2. The summed E-state index contributed by atoms with van der Waals surface area (Å²) in [5, 5.41) is 3.11. The molecule has 1 rings (SSSR count). The molecule has 84 valence electrons. The first-order valence-corrected chi connectivity index (χ1v) is 5.18. The predicted molar refractivity (Wildman–Crippen MR) is 56.2 cm³/mol. The van der Waals surface area contributed by atoms with E-state index in [0.29, 0.717) is 12.8 Å². The van der Waals surface area contributed by atoms with Gasteiger partial charge in [0.1, 0.15) is 5.54 Å². The van der Waals surface area contributed by atoms with E-state index >= 15 is 0 Å². The highest BCUT2D eigenvalue weighted by atomic mass is 16.5. The summed E-state index contributed by atoms with van der Waals surface area (Å²) in [4.78, 5) is 23.2. The summed E-state index contributed by atoms with van der Waals surface area (Å²) >= 11 is 0. The molecule has 0 bridgehead atoms. The lowest BCUT2D eigenvalue weighted by Gasteiger charge is -2.34. The van der Waals surface area contributed by atoms with Gasteiger partial charge in [-0.05, 0) is 12.8 Å². The van der Waals surface area contributed by atoms with Gasteiger partial charge in [-0.25, -0.2) is 4.79 Å². The zero-order valence-corrected chi connectivity index (χ0v) is 9.42. The minimum Gasteiger partial charge on any atom is -0.467 e. The van der Waals surface area contributed by atoms with E-state index in [1.54, 1.807) is 6.08 Å². The summed E-state index contributed by atoms with van der Waals surface area (Å²) in [6.07, 6.45) is 3.00. The maximum absolute atomic E-state index is 11.7. The van der Waals surface area contributed by atoms with Crippen LogP contribution in [0.1, 0.15) is 33.1 Å². The van der Waals surface area contributed by atoms with Crippen molar-refractivity contribution in [2.45, 2.75) is 38.6 Å². The number of nitrogens with one attached hydrogen (secondary N) is 1. The van der Waals surface area contributed by atoms with Crippen LogP contribution in [0.5, 0.6) is 0 Å². The molecular weight excluding hydrogens is 194 g/mol. The Morgan fingerprint density at radius 3 is 2.73 bits per heavy atom. The Balaban J connectivity index is 2.98. The molecule has 0 saturated heterocycles. The number of carbonyl (C=O) groups excluding carboxylic acids is 2. The third kappa shape index (κ3) is 2.19. The maximum atomic E-state index is 11.7. The number of hydrogen-bond acceptors (Lipinski definition) is 4. The lowest BCUT2D eigenvalue weighted by atomic mass is 9.86. The number of ether oxygens (including phenoxy) is 1. The van der Waals surface area contributed by atoms with Crippen molar-refractivity contribution in [2.24, 2.45) is 0 Å². The number of esters is 1. The van der Waals surface area contributed by atoms with Crippen LogP contribution in [0, 0.1) is 0 Å². The second-order valence-electron chi connectivity index (χ2n) is 3.72. The highest BCUT2D eigenvalue weighted by molar-refractivity contribution is 5.98. The quantitative estimate of drug-likeness (QED) is 0.712. The van der Waals surface area contributed by atoms with Crippen molar-refractivity contribution < 1.29 is 14.3 Å². The molecule has 1 aliphatic rings. The van der Waals surface area contributed by atoms with Gasteiger partial charge < -0.3 is 10.1 Å². The molecule has 15 heavy (non-hydrogen) atoms. The molecule has 4 nitrogen and oxygen atoms in total. The molecule has 0 aliphatic carbocycles. The molecule has 0 radical (unpaired) electrons. The highest BCUT2D eigenvalue weighted by Crippen LogP contribution is 2.24. The Hall–Kier alpha value is -1.32. The monoisotopic (exact) mass is 211 g/mol. The first-order valence-electron chi connectivity index (χ1n) is 5.18. The van der Waals surface area contributed by atoms with Crippen LogP contribution in [0.3, 0.4) is 0 Å². The minimum absolute atomic E-state index is 0.0159. The normalized spacial score (nSPS) is 25.5. The fourth-order valence-electron chi connectivity index (χ4n) is 1.80. The Morgan fingerprint density at radius 1 is 1.60 bits per heavy atom. The molecule has 0 saturated carbocycles. The van der Waals surface area contributed by atoms with E-state index in [0.717, 1.165) is 5.70 Å². The largest absolute Gasteiger partial charge is 0.467 e. The van der Waals surface area contributed by atoms with E-state index in [2.05, 4.69) is 5.32 Å². The maximum Gasteiger partial charge on any atom is 0.331 e. The average Bonchev–Trinajstić information content (AvgIpc) is 2.26. The Morgan fingerprint density at radius 2 is 2.27 bits per heavy atom. The standard InChI is InChI=1S/C11H17NO3/c1-4-8-6-9(13)7-11(5-2,12-8)10(14)15-3/h6,12H,4-5,7H2,1-3H3. The van der Waals surface area contributed by atoms with E-state index in [4.69, 9.17) is 4.74 Å². The van der Waals surface area contributed by atoms with Crippen LogP contribution < -0.4 is 5.32 Å². The lowest BCUT2D eigenvalue weighted by molar-refractivity contribution is -0.150. The Bertz CT molecular complexity index is 309. The molecule has 1 atom stereocenters. The van der Waals surface area contributed by atoms with Crippen molar-refractivity contribution in [3.63, 3.8) is 0 Å². The molecule has 0 aromatic heterocycles. The summed E-state index contributed by atoms with van der Waals surface area (Å²) in [5.41, 5.74) is -0.0511. The van der Waals surface area contributed by atoms with Gasteiger partial charge in [-0.3, -0.25) is 4.79 Å². The molecular formula is C11H17NO3. The van der Waals surface area contributed by atoms with E-state index in [-0.39, 0.29) is 18.2 Å². The molecule has 0 spiro atoms. The van der Waals surface area contributed by atoms with Gasteiger partial charge in [-0.15, -0.1) is 0 Å². The van der Waals surface area contributed by atoms with Crippen molar-refractivity contribution in [2.75, 3.05) is 7.11 Å². The summed E-state index contributed by atoms with van der Waals surface area (Å²) in [6.45, 7) is 3.81. The van der Waals surface area contributed by atoms with E-state index in [1.807, 2.05) is 13.8 Å². The van der Waals surface area contributed by atoms with Crippen LogP contribution >= 0.6 is 0 Å². The first-order chi connectivity index (χ1) is 7.07. The van der Waals surface area contributed by atoms with Gasteiger partial charge >= 0.3 is 5.97 Å². The van der Waals surface area contributed by atoms with Crippen LogP contribution in [-0.4, -0.2) is 24.4 Å². The number of ketones is 1. The fourth-order valence-corrected chi connectivity index (χ4v) is 1.80. The topological polar surface area (TPSA) is 55.4 Å². The van der Waals surface area contributed by atoms with Crippen molar-refractivity contribution in [3.8, 4) is 0 Å². The molecule has 0 aromatic rings. The van der Waals surface area contributed by atoms with Crippen molar-refractivity contribution in [1.82, 2.24) is 5.32 Å². The van der Waals surface area contributed by atoms with Crippen molar-refractivity contribution in [1.29, 1.82) is 0 Å². The fraction of sp³-hybridized carbons (Fsp3) is 0.636. The molecule has 1 unspecified atom stereocenters. The second kappa shape index (κ2) is 4.47. The Kier molecular flexibility index (Phi) is 3.50. The zero-order valence-electron chi connectivity index (χ0n) is 9.42. The molecule has 1 aliphatic heterocycles. The molecule has 0 amide bonds. The molecule has 0 fully saturated rings. The highest BCUT2D eigenvalue weighted by Gasteiger charge is 2.42. The molecule has 1 N–H and O–H groups in total. The van der Waals surface area contributed by atoms with Crippen molar-refractivity contribution in [3.05, 3.63) is 11.8 Å². The van der Waals surface area contributed by atoms with E-state index in [9.17, 15) is 9.59 Å². The van der Waals surface area contributed by atoms with E-state index in [1.165, 1.54) is 7.11 Å². The molecule has 1 heterocycles. The third-order valence-corrected chi connectivity index (χ3v) is 2.77.